The SMILES string of the molecule is Cc1ccc2c(c1)NC(=O)[C@@](C)(C(=O)NCCn1cccn1)O2. The van der Waals surface area contributed by atoms with Gasteiger partial charge in [0, 0.05) is 18.9 Å². The van der Waals surface area contributed by atoms with Crippen LogP contribution in [0.3, 0.4) is 0 Å². The second-order valence-electron chi connectivity index (χ2n) is 5.61. The first kappa shape index (κ1) is 15.1. The number of hydrogen-bond acceptors (Lipinski definition) is 4. The van der Waals surface area contributed by atoms with E-state index in [1.54, 1.807) is 29.2 Å². The van der Waals surface area contributed by atoms with Crippen molar-refractivity contribution in [3.63, 3.8) is 0 Å². The summed E-state index contributed by atoms with van der Waals surface area (Å²) in [7, 11) is 0. The molecule has 0 aliphatic carbocycles. The van der Waals surface area contributed by atoms with E-state index in [2.05, 4.69) is 15.7 Å². The minimum atomic E-state index is -1.59. The standard InChI is InChI=1S/C16H18N4O3/c1-11-4-5-13-12(10-11)19-15(22)16(2,23-13)14(21)17-7-9-20-8-3-6-18-20/h3-6,8,10H,7,9H2,1-2H3,(H,17,21)(H,19,22)/t16-/m1/s1. The maximum absolute atomic E-state index is 12.4. The zero-order valence-corrected chi connectivity index (χ0v) is 13.0. The lowest BCUT2D eigenvalue weighted by atomic mass is 10.0. The molecule has 2 N–H and O–H groups in total. The zero-order chi connectivity index (χ0) is 16.4. The van der Waals surface area contributed by atoms with Crippen molar-refractivity contribution < 1.29 is 14.3 Å². The number of nitrogens with zero attached hydrogens (tertiary/aromatic N) is 2. The number of amides is 2. The van der Waals surface area contributed by atoms with Gasteiger partial charge in [-0.15, -0.1) is 0 Å². The predicted octanol–water partition coefficient (Wildman–Crippen LogP) is 1.10. The highest BCUT2D eigenvalue weighted by Crippen LogP contribution is 2.34. The lowest BCUT2D eigenvalue weighted by Crippen LogP contribution is -2.59. The van der Waals surface area contributed by atoms with Crippen LogP contribution in [0.1, 0.15) is 12.5 Å². The largest absolute Gasteiger partial charge is 0.466 e. The minimum absolute atomic E-state index is 0.355. The van der Waals surface area contributed by atoms with E-state index in [0.717, 1.165) is 5.56 Å². The Morgan fingerprint density at radius 1 is 1.48 bits per heavy atom. The van der Waals surface area contributed by atoms with E-state index in [1.165, 1.54) is 6.92 Å². The van der Waals surface area contributed by atoms with Crippen LogP contribution in [-0.2, 0) is 16.1 Å². The molecule has 0 radical (unpaired) electrons. The molecule has 1 aromatic heterocycles. The molecule has 7 nitrogen and oxygen atoms in total. The van der Waals surface area contributed by atoms with Crippen LogP contribution in [0.25, 0.3) is 0 Å². The Morgan fingerprint density at radius 2 is 2.30 bits per heavy atom. The third-order valence-electron chi connectivity index (χ3n) is 3.75. The van der Waals surface area contributed by atoms with Gasteiger partial charge in [-0.2, -0.15) is 5.10 Å². The molecule has 3 rings (SSSR count). The number of fused-ring (bicyclic) bond motifs is 1. The maximum Gasteiger partial charge on any atom is 0.278 e. The molecule has 0 spiro atoms. The van der Waals surface area contributed by atoms with Crippen molar-refractivity contribution in [3.8, 4) is 5.75 Å². The first-order valence-corrected chi connectivity index (χ1v) is 7.36. The number of aromatic nitrogens is 2. The van der Waals surface area contributed by atoms with Crippen LogP contribution in [0.4, 0.5) is 5.69 Å². The monoisotopic (exact) mass is 314 g/mol. The number of benzene rings is 1. The first-order valence-electron chi connectivity index (χ1n) is 7.36. The van der Waals surface area contributed by atoms with E-state index in [-0.39, 0.29) is 0 Å². The van der Waals surface area contributed by atoms with E-state index in [9.17, 15) is 9.59 Å². The van der Waals surface area contributed by atoms with Crippen molar-refractivity contribution in [1.29, 1.82) is 0 Å². The van der Waals surface area contributed by atoms with Gasteiger partial charge in [-0.25, -0.2) is 0 Å². The molecule has 23 heavy (non-hydrogen) atoms. The Labute approximate surface area is 133 Å². The second-order valence-corrected chi connectivity index (χ2v) is 5.61. The smallest absolute Gasteiger partial charge is 0.278 e. The molecule has 1 aromatic carbocycles. The fourth-order valence-corrected chi connectivity index (χ4v) is 2.37. The normalized spacial score (nSPS) is 19.5. The Kier molecular flexibility index (Phi) is 3.77. The summed E-state index contributed by atoms with van der Waals surface area (Å²) in [6.07, 6.45) is 3.47. The number of carbonyl (C=O) groups excluding carboxylic acids is 2. The van der Waals surface area contributed by atoms with Gasteiger partial charge in [0.05, 0.1) is 12.2 Å². The summed E-state index contributed by atoms with van der Waals surface area (Å²) in [5, 5.41) is 9.50. The summed E-state index contributed by atoms with van der Waals surface area (Å²) in [6, 6.07) is 7.23. The molecule has 1 aliphatic heterocycles. The van der Waals surface area contributed by atoms with Gasteiger partial charge in [0.25, 0.3) is 17.4 Å². The van der Waals surface area contributed by atoms with Gasteiger partial charge >= 0.3 is 0 Å². The number of hydrogen-bond donors (Lipinski definition) is 2. The number of nitrogens with one attached hydrogen (secondary N) is 2. The van der Waals surface area contributed by atoms with Crippen molar-refractivity contribution in [3.05, 3.63) is 42.2 Å². The molecule has 2 aromatic rings. The van der Waals surface area contributed by atoms with Crippen LogP contribution in [0.5, 0.6) is 5.75 Å². The minimum Gasteiger partial charge on any atom is -0.466 e. The fraction of sp³-hybridized carbons (Fsp3) is 0.312. The van der Waals surface area contributed by atoms with E-state index in [1.807, 2.05) is 19.1 Å². The van der Waals surface area contributed by atoms with Gasteiger partial charge < -0.3 is 15.4 Å². The van der Waals surface area contributed by atoms with Gasteiger partial charge in [-0.1, -0.05) is 6.07 Å². The molecule has 2 heterocycles. The number of carbonyl (C=O) groups is 2. The first-order chi connectivity index (χ1) is 11.0. The number of ether oxygens (including phenoxy) is 1. The predicted molar refractivity (Wildman–Crippen MR) is 84.1 cm³/mol. The zero-order valence-electron chi connectivity index (χ0n) is 13.0. The van der Waals surface area contributed by atoms with Gasteiger partial charge in [-0.3, -0.25) is 14.3 Å². The Morgan fingerprint density at radius 3 is 3.04 bits per heavy atom. The molecule has 120 valence electrons. The van der Waals surface area contributed by atoms with Crippen LogP contribution in [0.2, 0.25) is 0 Å². The summed E-state index contributed by atoms with van der Waals surface area (Å²) in [6.45, 7) is 4.26. The van der Waals surface area contributed by atoms with Crippen LogP contribution >= 0.6 is 0 Å². The highest BCUT2D eigenvalue weighted by atomic mass is 16.5. The van der Waals surface area contributed by atoms with Crippen LogP contribution in [0.15, 0.2) is 36.7 Å². The van der Waals surface area contributed by atoms with Gasteiger partial charge in [0.2, 0.25) is 0 Å². The van der Waals surface area contributed by atoms with Crippen LogP contribution in [-0.4, -0.2) is 33.7 Å². The van der Waals surface area contributed by atoms with Gasteiger partial charge in [0.1, 0.15) is 5.75 Å². The number of anilines is 1. The summed E-state index contributed by atoms with van der Waals surface area (Å²) < 4.78 is 7.39. The number of aryl methyl sites for hydroxylation is 1. The summed E-state index contributed by atoms with van der Waals surface area (Å²) in [4.78, 5) is 24.7. The molecule has 0 fully saturated rings. The van der Waals surface area contributed by atoms with E-state index in [4.69, 9.17) is 4.74 Å². The summed E-state index contributed by atoms with van der Waals surface area (Å²) in [5.74, 6) is -0.472. The van der Waals surface area contributed by atoms with Gasteiger partial charge in [-0.05, 0) is 37.6 Å². The highest BCUT2D eigenvalue weighted by molar-refractivity contribution is 6.15. The average molecular weight is 314 g/mol. The van der Waals surface area contributed by atoms with Crippen molar-refractivity contribution in [2.75, 3.05) is 11.9 Å². The third-order valence-corrected chi connectivity index (χ3v) is 3.75. The van der Waals surface area contributed by atoms with Crippen LogP contribution in [0, 0.1) is 6.92 Å². The summed E-state index contributed by atoms with van der Waals surface area (Å²) >= 11 is 0. The quantitative estimate of drug-likeness (QED) is 0.828. The molecule has 1 aliphatic rings. The van der Waals surface area contributed by atoms with Gasteiger partial charge in [0.15, 0.2) is 0 Å². The van der Waals surface area contributed by atoms with Crippen molar-refractivity contribution in [2.24, 2.45) is 0 Å². The van der Waals surface area contributed by atoms with E-state index >= 15 is 0 Å². The third kappa shape index (κ3) is 2.90. The maximum atomic E-state index is 12.4. The van der Waals surface area contributed by atoms with E-state index in [0.29, 0.717) is 24.5 Å². The van der Waals surface area contributed by atoms with Crippen molar-refractivity contribution in [2.45, 2.75) is 26.0 Å². The lowest BCUT2D eigenvalue weighted by molar-refractivity contribution is -0.146. The topological polar surface area (TPSA) is 85.3 Å². The van der Waals surface area contributed by atoms with Crippen molar-refractivity contribution in [1.82, 2.24) is 15.1 Å². The molecule has 0 saturated carbocycles. The molecular weight excluding hydrogens is 296 g/mol. The van der Waals surface area contributed by atoms with E-state index < -0.39 is 17.4 Å². The van der Waals surface area contributed by atoms with Crippen LogP contribution < -0.4 is 15.4 Å². The fourth-order valence-electron chi connectivity index (χ4n) is 2.37. The number of rotatable bonds is 4. The summed E-state index contributed by atoms with van der Waals surface area (Å²) in [5.41, 5.74) is -0.0106. The second kappa shape index (κ2) is 5.75. The molecule has 7 heteroatoms. The Bertz CT molecular complexity index is 742. The molecule has 2 amide bonds. The Balaban J connectivity index is 1.69. The van der Waals surface area contributed by atoms with Crippen molar-refractivity contribution >= 4 is 17.5 Å². The Hall–Kier alpha value is -2.83. The highest BCUT2D eigenvalue weighted by Gasteiger charge is 2.47. The molecule has 1 atom stereocenters. The molecule has 0 saturated heterocycles. The lowest BCUT2D eigenvalue weighted by Gasteiger charge is -2.33. The average Bonchev–Trinajstić information content (AvgIpc) is 3.02. The molecule has 0 bridgehead atoms. The molecular formula is C16H18N4O3. The molecule has 0 unspecified atom stereocenters.